The molecule has 0 amide bonds. The minimum absolute atomic E-state index is 0.110. The highest BCUT2D eigenvalue weighted by Crippen LogP contribution is 2.66. The van der Waals surface area contributed by atoms with Crippen LogP contribution in [-0.4, -0.2) is 25.5 Å². The Morgan fingerprint density at radius 3 is 2.71 bits per heavy atom. The van der Waals surface area contributed by atoms with Crippen molar-refractivity contribution in [2.24, 2.45) is 17.3 Å². The maximum Gasteiger partial charge on any atom is 0.302 e. The predicted molar refractivity (Wildman–Crippen MR) is 133 cm³/mol. The molecule has 35 heavy (non-hydrogen) atoms. The lowest BCUT2D eigenvalue weighted by Gasteiger charge is -2.53. The summed E-state index contributed by atoms with van der Waals surface area (Å²) in [6.45, 7) is 5.08. The Morgan fingerprint density at radius 2 is 1.91 bits per heavy atom. The molecule has 4 atom stereocenters. The number of fused-ring (bicyclic) bond motifs is 6. The van der Waals surface area contributed by atoms with Crippen molar-refractivity contribution in [3.05, 3.63) is 69.8 Å². The van der Waals surface area contributed by atoms with Crippen LogP contribution in [0.2, 0.25) is 0 Å². The summed E-state index contributed by atoms with van der Waals surface area (Å²) in [5.74, 6) is 2.46. The molecule has 1 heterocycles. The van der Waals surface area contributed by atoms with Gasteiger partial charge in [0.05, 0.1) is 19.8 Å². The van der Waals surface area contributed by atoms with Crippen molar-refractivity contribution in [2.75, 3.05) is 19.8 Å². The van der Waals surface area contributed by atoms with Gasteiger partial charge in [-0.05, 0) is 96.1 Å². The van der Waals surface area contributed by atoms with Crippen LogP contribution in [0.3, 0.4) is 0 Å². The van der Waals surface area contributed by atoms with E-state index in [2.05, 4.69) is 41.7 Å². The summed E-state index contributed by atoms with van der Waals surface area (Å²) in [4.78, 5) is 0. The van der Waals surface area contributed by atoms with Crippen molar-refractivity contribution < 1.29 is 14.2 Å². The minimum atomic E-state index is -0.354. The number of nitrogens with zero attached hydrogens (tertiary/aromatic N) is 2. The molecule has 184 valence electrons. The lowest BCUT2D eigenvalue weighted by Crippen LogP contribution is -2.51. The van der Waals surface area contributed by atoms with Crippen molar-refractivity contribution in [3.63, 3.8) is 0 Å². The van der Waals surface area contributed by atoms with Gasteiger partial charge in [0, 0.05) is 11.8 Å². The third-order valence-electron chi connectivity index (χ3n) is 9.50. The average Bonchev–Trinajstić information content (AvgIpc) is 3.49. The van der Waals surface area contributed by atoms with Crippen molar-refractivity contribution in [1.29, 1.82) is 5.39 Å². The van der Waals surface area contributed by atoms with E-state index in [0.29, 0.717) is 30.9 Å². The van der Waals surface area contributed by atoms with Gasteiger partial charge in [-0.3, -0.25) is 0 Å². The number of benzene rings is 2. The van der Waals surface area contributed by atoms with Crippen LogP contribution in [0.25, 0.3) is 5.08 Å². The summed E-state index contributed by atoms with van der Waals surface area (Å²) in [7, 11) is 0. The van der Waals surface area contributed by atoms with E-state index >= 15 is 0 Å². The molecule has 6 rings (SSSR count). The molecule has 6 heteroatoms. The van der Waals surface area contributed by atoms with Crippen LogP contribution in [0.4, 0.5) is 0 Å². The Bertz CT molecular complexity index is 1110. The molecule has 0 bridgehead atoms. The smallest absolute Gasteiger partial charge is 0.302 e. The molecule has 4 unspecified atom stereocenters. The highest BCUT2D eigenvalue weighted by molar-refractivity contribution is 5.47. The van der Waals surface area contributed by atoms with E-state index in [1.54, 1.807) is 0 Å². The van der Waals surface area contributed by atoms with Crippen LogP contribution < -0.4 is 10.2 Å². The summed E-state index contributed by atoms with van der Waals surface area (Å²) in [6.07, 6.45) is 7.68. The normalized spacial score (nSPS) is 30.2. The maximum absolute atomic E-state index is 8.93. The van der Waals surface area contributed by atoms with Gasteiger partial charge in [0.25, 0.3) is 5.39 Å². The molecule has 0 aromatic heterocycles. The van der Waals surface area contributed by atoms with Gasteiger partial charge in [-0.2, -0.15) is 0 Å². The van der Waals surface area contributed by atoms with Crippen LogP contribution in [0.15, 0.2) is 42.5 Å². The van der Waals surface area contributed by atoms with Gasteiger partial charge in [0.15, 0.2) is 5.79 Å². The van der Waals surface area contributed by atoms with Crippen LogP contribution >= 0.6 is 0 Å². The van der Waals surface area contributed by atoms with Crippen LogP contribution in [0.5, 0.6) is 5.75 Å². The molecule has 1 spiro atoms. The zero-order chi connectivity index (χ0) is 23.9. The number of aryl methyl sites for hydroxylation is 1. The van der Waals surface area contributed by atoms with E-state index in [1.807, 2.05) is 18.2 Å². The highest BCUT2D eigenvalue weighted by atomic mass is 16.7. The van der Waals surface area contributed by atoms with Gasteiger partial charge in [0.1, 0.15) is 12.4 Å². The number of hydrogen-bond acceptors (Lipinski definition) is 5. The quantitative estimate of drug-likeness (QED) is 0.327. The molecule has 3 aliphatic carbocycles. The van der Waals surface area contributed by atoms with Gasteiger partial charge in [-0.25, -0.2) is 0 Å². The lowest BCUT2D eigenvalue weighted by molar-refractivity contribution is -0.237. The molecule has 4 aliphatic rings. The number of nitrogens with one attached hydrogen (secondary N) is 1. The summed E-state index contributed by atoms with van der Waals surface area (Å²) in [5.41, 5.74) is 8.33. The van der Waals surface area contributed by atoms with E-state index in [0.717, 1.165) is 44.6 Å². The summed E-state index contributed by atoms with van der Waals surface area (Å²) in [5, 5.41) is 12.1. The average molecular weight is 475 g/mol. The number of hydrogen-bond donors (Lipinski definition) is 1. The van der Waals surface area contributed by atoms with E-state index in [9.17, 15) is 0 Å². The Morgan fingerprint density at radius 1 is 1.09 bits per heavy atom. The van der Waals surface area contributed by atoms with Crippen LogP contribution in [0.1, 0.15) is 67.2 Å². The standard InChI is InChI=1S/C29H36N3O3/c1-28-12-9-25-24(26(28)10-13-29(28)34-15-16-35-29)8-7-21-17-23(33-19-20-5-3-2-4-6-20)18-22(27(21)25)11-14-31-32-30/h2-6,17-18,24-26,31H,7-16,19H2,1H3/q+1. The molecule has 1 aliphatic heterocycles. The van der Waals surface area contributed by atoms with Crippen molar-refractivity contribution in [2.45, 2.75) is 70.2 Å². The molecule has 2 aromatic rings. The Balaban J connectivity index is 1.29. The fourth-order valence-corrected chi connectivity index (χ4v) is 7.96. The first-order valence-electron chi connectivity index (χ1n) is 13.3. The summed E-state index contributed by atoms with van der Waals surface area (Å²) in [6, 6.07) is 14.8. The third kappa shape index (κ3) is 3.80. The first-order chi connectivity index (χ1) is 17.1. The van der Waals surface area contributed by atoms with Gasteiger partial charge in [-0.15, -0.1) is 0 Å². The number of ether oxygens (including phenoxy) is 3. The Hall–Kier alpha value is -2.62. The van der Waals surface area contributed by atoms with Crippen molar-refractivity contribution >= 4 is 0 Å². The Kier molecular flexibility index (Phi) is 5.94. The maximum atomic E-state index is 8.93. The van der Waals surface area contributed by atoms with Crippen LogP contribution in [0, 0.1) is 22.6 Å². The molecule has 1 N–H and O–H groups in total. The molecule has 1 saturated heterocycles. The first-order valence-corrected chi connectivity index (χ1v) is 13.3. The molecule has 6 nitrogen and oxygen atoms in total. The van der Waals surface area contributed by atoms with Gasteiger partial charge in [0.2, 0.25) is 0 Å². The van der Waals surface area contributed by atoms with Gasteiger partial charge >= 0.3 is 5.08 Å². The fourth-order valence-electron chi connectivity index (χ4n) is 7.96. The summed E-state index contributed by atoms with van der Waals surface area (Å²) < 4.78 is 18.9. The largest absolute Gasteiger partial charge is 0.489 e. The van der Waals surface area contributed by atoms with Crippen molar-refractivity contribution in [1.82, 2.24) is 5.43 Å². The number of rotatable bonds is 6. The van der Waals surface area contributed by atoms with Crippen LogP contribution in [-0.2, 0) is 28.9 Å². The number of diazo groups is 1. The lowest BCUT2D eigenvalue weighted by atomic mass is 9.54. The van der Waals surface area contributed by atoms with E-state index in [1.165, 1.54) is 41.5 Å². The minimum Gasteiger partial charge on any atom is -0.489 e. The molecular formula is C29H36N3O3+. The van der Waals surface area contributed by atoms with E-state index in [-0.39, 0.29) is 11.2 Å². The topological polar surface area (TPSA) is 67.9 Å². The highest BCUT2D eigenvalue weighted by Gasteiger charge is 2.65. The monoisotopic (exact) mass is 474 g/mol. The molecule has 2 aromatic carbocycles. The summed E-state index contributed by atoms with van der Waals surface area (Å²) >= 11 is 0. The molecule has 2 saturated carbocycles. The Labute approximate surface area is 207 Å². The molecule has 0 radical (unpaired) electrons. The van der Waals surface area contributed by atoms with Gasteiger partial charge in [-0.1, -0.05) is 37.3 Å². The van der Waals surface area contributed by atoms with E-state index in [4.69, 9.17) is 19.6 Å². The van der Waals surface area contributed by atoms with E-state index < -0.39 is 0 Å². The SMILES string of the molecule is CC12CCC3c4c(CCN[N+]#N)cc(OCc5ccccc5)cc4CCC3C1CCC21OCCO1. The second kappa shape index (κ2) is 9.11. The second-order valence-electron chi connectivity index (χ2n) is 11.0. The fraction of sp³-hybridized carbons (Fsp3) is 0.586. The molecule has 3 fully saturated rings. The molecular weight excluding hydrogens is 438 g/mol. The third-order valence-corrected chi connectivity index (χ3v) is 9.50. The van der Waals surface area contributed by atoms with Crippen molar-refractivity contribution in [3.8, 4) is 5.75 Å². The first kappa shape index (κ1) is 22.8. The second-order valence-corrected chi connectivity index (χ2v) is 11.0. The van der Waals surface area contributed by atoms with Gasteiger partial charge < -0.3 is 14.2 Å². The predicted octanol–water partition coefficient (Wildman–Crippen LogP) is 5.76. The zero-order valence-corrected chi connectivity index (χ0v) is 20.7. The zero-order valence-electron chi connectivity index (χ0n) is 20.7.